The van der Waals surface area contributed by atoms with Crippen LogP contribution in [0.2, 0.25) is 0 Å². The minimum Gasteiger partial charge on any atom is -0.369 e. The molecule has 2 aromatic rings. The second kappa shape index (κ2) is 9.71. The predicted octanol–water partition coefficient (Wildman–Crippen LogP) is 2.89. The second-order valence-corrected chi connectivity index (χ2v) is 6.00. The normalized spacial score (nSPS) is 11.0. The molecule has 6 nitrogen and oxygen atoms in total. The van der Waals surface area contributed by atoms with Gasteiger partial charge in [-0.1, -0.05) is 0 Å². The first-order chi connectivity index (χ1) is 11.7. The van der Waals surface area contributed by atoms with Crippen molar-refractivity contribution in [2.75, 3.05) is 36.4 Å². The first-order valence-corrected chi connectivity index (χ1v) is 8.82. The van der Waals surface area contributed by atoms with E-state index < -0.39 is 0 Å². The molecule has 0 saturated carbocycles. The van der Waals surface area contributed by atoms with Crippen molar-refractivity contribution in [1.29, 1.82) is 0 Å². The Morgan fingerprint density at radius 2 is 2.04 bits per heavy atom. The first-order valence-electron chi connectivity index (χ1n) is 7.75. The molecule has 2 rings (SSSR count). The summed E-state index contributed by atoms with van der Waals surface area (Å²) >= 11 is 11.7. The van der Waals surface area contributed by atoms with Gasteiger partial charge in [-0.05, 0) is 24.6 Å². The van der Waals surface area contributed by atoms with E-state index in [0.717, 1.165) is 42.1 Å². The zero-order valence-electron chi connectivity index (χ0n) is 13.6. The summed E-state index contributed by atoms with van der Waals surface area (Å²) < 4.78 is 2.06. The number of carbonyl (C=O) groups is 1. The molecule has 0 N–H and O–H groups in total. The highest BCUT2D eigenvalue weighted by molar-refractivity contribution is 6.18. The average Bonchev–Trinajstić information content (AvgIpc) is 2.90. The van der Waals surface area contributed by atoms with Crippen LogP contribution >= 0.6 is 23.2 Å². The number of imidazole rings is 1. The third-order valence-corrected chi connectivity index (χ3v) is 4.10. The fraction of sp³-hybridized carbons (Fsp3) is 0.500. The molecular weight excluding hydrogens is 353 g/mol. The standard InChI is InChI=1S/C16H21Cl2N3O3/c1-20-15-5-4-13(21(8-6-17)9-7-18)11-14(15)19-16(20)3-2-10-23-24-12-22/h4-5,11-12H,2-3,6-10H2,1H3. The van der Waals surface area contributed by atoms with Crippen LogP contribution in [-0.2, 0) is 28.0 Å². The van der Waals surface area contributed by atoms with Gasteiger partial charge in [0.25, 0.3) is 0 Å². The van der Waals surface area contributed by atoms with Crippen molar-refractivity contribution in [3.05, 3.63) is 24.0 Å². The highest BCUT2D eigenvalue weighted by Gasteiger charge is 2.11. The van der Waals surface area contributed by atoms with Crippen molar-refractivity contribution in [3.63, 3.8) is 0 Å². The first kappa shape index (κ1) is 18.8. The predicted molar refractivity (Wildman–Crippen MR) is 95.8 cm³/mol. The Morgan fingerprint density at radius 1 is 1.29 bits per heavy atom. The summed E-state index contributed by atoms with van der Waals surface area (Å²) in [4.78, 5) is 25.8. The maximum Gasteiger partial charge on any atom is 0.330 e. The van der Waals surface area contributed by atoms with Gasteiger partial charge in [-0.15, -0.1) is 23.2 Å². The van der Waals surface area contributed by atoms with E-state index in [1.54, 1.807) is 0 Å². The van der Waals surface area contributed by atoms with Crippen LogP contribution in [0.5, 0.6) is 0 Å². The number of rotatable bonds is 11. The van der Waals surface area contributed by atoms with Crippen molar-refractivity contribution in [2.24, 2.45) is 7.05 Å². The number of aromatic nitrogens is 2. The van der Waals surface area contributed by atoms with Crippen LogP contribution in [0, 0.1) is 0 Å². The molecule has 0 bridgehead atoms. The molecule has 8 heteroatoms. The molecule has 0 atom stereocenters. The summed E-state index contributed by atoms with van der Waals surface area (Å²) in [5.41, 5.74) is 3.07. The van der Waals surface area contributed by atoms with Gasteiger partial charge in [-0.25, -0.2) is 4.98 Å². The molecule has 0 aliphatic rings. The van der Waals surface area contributed by atoms with Crippen LogP contribution in [0.25, 0.3) is 11.0 Å². The van der Waals surface area contributed by atoms with E-state index in [-0.39, 0.29) is 6.47 Å². The van der Waals surface area contributed by atoms with Gasteiger partial charge in [-0.2, -0.15) is 4.89 Å². The van der Waals surface area contributed by atoms with Crippen LogP contribution < -0.4 is 4.90 Å². The van der Waals surface area contributed by atoms with Gasteiger partial charge in [0.05, 0.1) is 17.6 Å². The molecule has 132 valence electrons. The van der Waals surface area contributed by atoms with Crippen molar-refractivity contribution < 1.29 is 14.6 Å². The second-order valence-electron chi connectivity index (χ2n) is 5.24. The average molecular weight is 374 g/mol. The number of nitrogens with zero attached hydrogens (tertiary/aromatic N) is 3. The van der Waals surface area contributed by atoms with Crippen LogP contribution in [-0.4, -0.2) is 47.5 Å². The Kier molecular flexibility index (Phi) is 7.62. The lowest BCUT2D eigenvalue weighted by molar-refractivity contribution is -0.259. The van der Waals surface area contributed by atoms with E-state index >= 15 is 0 Å². The van der Waals surface area contributed by atoms with E-state index in [1.165, 1.54) is 0 Å². The number of fused-ring (bicyclic) bond motifs is 1. The fourth-order valence-electron chi connectivity index (χ4n) is 2.60. The lowest BCUT2D eigenvalue weighted by atomic mass is 10.2. The van der Waals surface area contributed by atoms with Crippen molar-refractivity contribution in [2.45, 2.75) is 12.8 Å². The maximum absolute atomic E-state index is 10.0. The maximum atomic E-state index is 10.0. The Morgan fingerprint density at radius 3 is 2.71 bits per heavy atom. The molecule has 0 aliphatic heterocycles. The topological polar surface area (TPSA) is 56.6 Å². The minimum atomic E-state index is 0.268. The smallest absolute Gasteiger partial charge is 0.330 e. The summed E-state index contributed by atoms with van der Waals surface area (Å²) in [6, 6.07) is 6.18. The Balaban J connectivity index is 2.12. The van der Waals surface area contributed by atoms with E-state index in [1.807, 2.05) is 7.05 Å². The van der Waals surface area contributed by atoms with Crippen LogP contribution in [0.1, 0.15) is 12.2 Å². The number of hydrogen-bond acceptors (Lipinski definition) is 5. The number of alkyl halides is 2. The monoisotopic (exact) mass is 373 g/mol. The molecule has 1 aromatic carbocycles. The number of carbonyl (C=O) groups excluding carboxylic acids is 1. The molecule has 0 spiro atoms. The summed E-state index contributed by atoms with van der Waals surface area (Å²) in [7, 11) is 1.99. The molecule has 0 aliphatic carbocycles. The van der Waals surface area contributed by atoms with Gasteiger partial charge in [0.2, 0.25) is 0 Å². The lowest BCUT2D eigenvalue weighted by Gasteiger charge is -2.22. The molecule has 0 unspecified atom stereocenters. The Hall–Kier alpha value is -1.50. The Labute approximate surface area is 151 Å². The van der Waals surface area contributed by atoms with Crippen LogP contribution in [0.15, 0.2) is 18.2 Å². The highest BCUT2D eigenvalue weighted by atomic mass is 35.5. The van der Waals surface area contributed by atoms with Gasteiger partial charge in [-0.3, -0.25) is 4.79 Å². The summed E-state index contributed by atoms with van der Waals surface area (Å²) in [5, 5.41) is 0. The molecule has 0 radical (unpaired) electrons. The SMILES string of the molecule is Cn1c(CCCOOC=O)nc2cc(N(CCCl)CCCl)ccc21. The fourth-order valence-corrected chi connectivity index (χ4v) is 3.01. The van der Waals surface area contributed by atoms with Gasteiger partial charge in [0, 0.05) is 44.0 Å². The molecule has 1 aromatic heterocycles. The largest absolute Gasteiger partial charge is 0.369 e. The molecule has 0 fully saturated rings. The zero-order chi connectivity index (χ0) is 17.4. The van der Waals surface area contributed by atoms with Gasteiger partial charge >= 0.3 is 6.47 Å². The molecule has 1 heterocycles. The van der Waals surface area contributed by atoms with Crippen molar-refractivity contribution in [1.82, 2.24) is 9.55 Å². The Bertz CT molecular complexity index is 657. The molecular formula is C16H21Cl2N3O3. The number of halogens is 2. The van der Waals surface area contributed by atoms with Gasteiger partial charge in [0.15, 0.2) is 0 Å². The summed E-state index contributed by atoms with van der Waals surface area (Å²) in [6.07, 6.45) is 1.44. The third-order valence-electron chi connectivity index (χ3n) is 3.77. The highest BCUT2D eigenvalue weighted by Crippen LogP contribution is 2.23. The summed E-state index contributed by atoms with van der Waals surface area (Å²) in [6.45, 7) is 2.09. The minimum absolute atomic E-state index is 0.268. The van der Waals surface area contributed by atoms with E-state index in [9.17, 15) is 4.79 Å². The summed E-state index contributed by atoms with van der Waals surface area (Å²) in [5.74, 6) is 2.05. The molecule has 0 amide bonds. The third kappa shape index (κ3) is 4.75. The molecule has 0 saturated heterocycles. The van der Waals surface area contributed by atoms with Crippen molar-refractivity contribution in [3.8, 4) is 0 Å². The van der Waals surface area contributed by atoms with Crippen LogP contribution in [0.4, 0.5) is 5.69 Å². The number of hydrogen-bond donors (Lipinski definition) is 0. The van der Waals surface area contributed by atoms with Gasteiger partial charge in [0.1, 0.15) is 5.82 Å². The van der Waals surface area contributed by atoms with E-state index in [4.69, 9.17) is 28.2 Å². The number of anilines is 1. The van der Waals surface area contributed by atoms with E-state index in [0.29, 0.717) is 24.8 Å². The quantitative estimate of drug-likeness (QED) is 0.199. The van der Waals surface area contributed by atoms with Crippen molar-refractivity contribution >= 4 is 46.4 Å². The van der Waals surface area contributed by atoms with Crippen LogP contribution in [0.3, 0.4) is 0 Å². The zero-order valence-corrected chi connectivity index (χ0v) is 15.1. The number of aryl methyl sites for hydroxylation is 2. The molecule has 24 heavy (non-hydrogen) atoms. The van der Waals surface area contributed by atoms with Gasteiger partial charge < -0.3 is 14.4 Å². The van der Waals surface area contributed by atoms with E-state index in [2.05, 4.69) is 37.4 Å². The number of benzene rings is 1. The lowest BCUT2D eigenvalue weighted by Crippen LogP contribution is -2.27.